The molecule has 0 saturated carbocycles. The molecule has 0 radical (unpaired) electrons. The maximum Gasteiger partial charge on any atom is 0.224 e. The molecule has 1 amide bonds. The smallest absolute Gasteiger partial charge is 0.224 e. The molecule has 4 heteroatoms. The largest absolute Gasteiger partial charge is 0.496 e. The third-order valence-electron chi connectivity index (χ3n) is 3.30. The molecule has 0 heterocycles. The third kappa shape index (κ3) is 3.99. The van der Waals surface area contributed by atoms with E-state index < -0.39 is 0 Å². The second-order valence-electron chi connectivity index (χ2n) is 4.95. The highest BCUT2D eigenvalue weighted by Gasteiger charge is 2.13. The number of anilines is 1. The molecule has 2 aromatic rings. The summed E-state index contributed by atoms with van der Waals surface area (Å²) in [5.41, 5.74) is 8.24. The molecule has 0 aromatic heterocycles. The Kier molecular flexibility index (Phi) is 4.82. The summed E-state index contributed by atoms with van der Waals surface area (Å²) in [4.78, 5) is 12.1. The summed E-state index contributed by atoms with van der Waals surface area (Å²) in [6, 6.07) is 14.9. The van der Waals surface area contributed by atoms with Gasteiger partial charge in [-0.2, -0.15) is 0 Å². The van der Waals surface area contributed by atoms with Crippen LogP contribution in [0.3, 0.4) is 0 Å². The van der Waals surface area contributed by atoms with E-state index in [-0.39, 0.29) is 11.9 Å². The number of para-hydroxylation sites is 1. The number of nitrogens with one attached hydrogen (secondary N) is 1. The Morgan fingerprint density at radius 2 is 2.00 bits per heavy atom. The molecule has 0 bridgehead atoms. The fourth-order valence-corrected chi connectivity index (χ4v) is 2.28. The first-order chi connectivity index (χ1) is 10.1. The van der Waals surface area contributed by atoms with Gasteiger partial charge >= 0.3 is 0 Å². The molecule has 4 nitrogen and oxygen atoms in total. The molecule has 0 aliphatic rings. The monoisotopic (exact) mass is 284 g/mol. The molecule has 0 aliphatic carbocycles. The van der Waals surface area contributed by atoms with Crippen LogP contribution >= 0.6 is 0 Å². The summed E-state index contributed by atoms with van der Waals surface area (Å²) < 4.78 is 5.31. The lowest BCUT2D eigenvalue weighted by Gasteiger charge is -2.17. The highest BCUT2D eigenvalue weighted by Crippen LogP contribution is 2.24. The Labute approximate surface area is 124 Å². The average molecular weight is 284 g/mol. The van der Waals surface area contributed by atoms with E-state index in [1.807, 2.05) is 49.4 Å². The molecule has 0 spiro atoms. The van der Waals surface area contributed by atoms with Crippen molar-refractivity contribution >= 4 is 11.6 Å². The number of amides is 1. The van der Waals surface area contributed by atoms with Crippen molar-refractivity contribution in [3.05, 3.63) is 59.7 Å². The number of nitrogens with two attached hydrogens (primary N) is 1. The first-order valence-electron chi connectivity index (χ1n) is 6.87. The van der Waals surface area contributed by atoms with Gasteiger partial charge in [0.15, 0.2) is 0 Å². The molecule has 0 saturated heterocycles. The van der Waals surface area contributed by atoms with Crippen molar-refractivity contribution in [2.24, 2.45) is 0 Å². The van der Waals surface area contributed by atoms with Crippen molar-refractivity contribution < 1.29 is 9.53 Å². The first-order valence-corrected chi connectivity index (χ1v) is 6.87. The molecular formula is C17H20N2O2. The van der Waals surface area contributed by atoms with E-state index in [1.165, 1.54) is 0 Å². The summed E-state index contributed by atoms with van der Waals surface area (Å²) >= 11 is 0. The van der Waals surface area contributed by atoms with Gasteiger partial charge in [-0.05, 0) is 30.7 Å². The van der Waals surface area contributed by atoms with Crippen molar-refractivity contribution in [1.82, 2.24) is 5.32 Å². The lowest BCUT2D eigenvalue weighted by atomic mass is 10.1. The molecule has 110 valence electrons. The Balaban J connectivity index is 2.02. The van der Waals surface area contributed by atoms with Gasteiger partial charge in [0.05, 0.1) is 19.6 Å². The number of carbonyl (C=O) groups is 1. The van der Waals surface area contributed by atoms with Gasteiger partial charge in [0, 0.05) is 11.3 Å². The predicted molar refractivity (Wildman–Crippen MR) is 84.1 cm³/mol. The molecular weight excluding hydrogens is 264 g/mol. The van der Waals surface area contributed by atoms with E-state index in [2.05, 4.69) is 5.32 Å². The number of hydrogen-bond acceptors (Lipinski definition) is 3. The lowest BCUT2D eigenvalue weighted by Crippen LogP contribution is -2.28. The normalized spacial score (nSPS) is 11.7. The van der Waals surface area contributed by atoms with Crippen LogP contribution in [0.2, 0.25) is 0 Å². The van der Waals surface area contributed by atoms with E-state index in [0.717, 1.165) is 16.9 Å². The van der Waals surface area contributed by atoms with Gasteiger partial charge in [-0.3, -0.25) is 4.79 Å². The van der Waals surface area contributed by atoms with Crippen LogP contribution < -0.4 is 15.8 Å². The highest BCUT2D eigenvalue weighted by atomic mass is 16.5. The van der Waals surface area contributed by atoms with Crippen molar-refractivity contribution in [2.45, 2.75) is 19.4 Å². The van der Waals surface area contributed by atoms with E-state index in [4.69, 9.17) is 10.5 Å². The summed E-state index contributed by atoms with van der Waals surface area (Å²) in [6.45, 7) is 1.94. The van der Waals surface area contributed by atoms with Crippen LogP contribution in [0.5, 0.6) is 5.75 Å². The number of methoxy groups -OCH3 is 1. The second-order valence-corrected chi connectivity index (χ2v) is 4.95. The maximum atomic E-state index is 12.1. The summed E-state index contributed by atoms with van der Waals surface area (Å²) in [5, 5.41) is 2.98. The average Bonchev–Trinajstić information content (AvgIpc) is 2.47. The highest BCUT2D eigenvalue weighted by molar-refractivity contribution is 5.79. The summed E-state index contributed by atoms with van der Waals surface area (Å²) in [7, 11) is 1.63. The van der Waals surface area contributed by atoms with Gasteiger partial charge in [0.1, 0.15) is 5.75 Å². The quantitative estimate of drug-likeness (QED) is 0.830. The van der Waals surface area contributed by atoms with Crippen LogP contribution in [-0.4, -0.2) is 13.0 Å². The molecule has 0 aliphatic heterocycles. The maximum absolute atomic E-state index is 12.1. The van der Waals surface area contributed by atoms with E-state index in [0.29, 0.717) is 12.1 Å². The van der Waals surface area contributed by atoms with Crippen LogP contribution in [0.25, 0.3) is 0 Å². The molecule has 2 aromatic carbocycles. The Morgan fingerprint density at radius 1 is 1.24 bits per heavy atom. The predicted octanol–water partition coefficient (Wildman–Crippen LogP) is 2.70. The number of rotatable bonds is 5. The third-order valence-corrected chi connectivity index (χ3v) is 3.30. The van der Waals surface area contributed by atoms with Crippen molar-refractivity contribution in [3.8, 4) is 5.75 Å². The van der Waals surface area contributed by atoms with E-state index in [1.54, 1.807) is 13.2 Å². The number of nitrogen functional groups attached to an aromatic ring is 1. The molecule has 0 fully saturated rings. The van der Waals surface area contributed by atoms with Crippen molar-refractivity contribution in [1.29, 1.82) is 0 Å². The van der Waals surface area contributed by atoms with Crippen molar-refractivity contribution in [3.63, 3.8) is 0 Å². The standard InChI is InChI=1S/C17H20N2O2/c1-12(15-8-3-4-9-16(15)21-2)19-17(20)11-13-6-5-7-14(18)10-13/h3-10,12H,11,18H2,1-2H3,(H,19,20)/t12-/m1/s1. The van der Waals surface area contributed by atoms with Gasteiger partial charge in [-0.25, -0.2) is 0 Å². The summed E-state index contributed by atoms with van der Waals surface area (Å²) in [5.74, 6) is 0.730. The van der Waals surface area contributed by atoms with Crippen LogP contribution in [0.1, 0.15) is 24.1 Å². The topological polar surface area (TPSA) is 64.3 Å². The Morgan fingerprint density at radius 3 is 2.71 bits per heavy atom. The molecule has 2 rings (SSSR count). The second kappa shape index (κ2) is 6.79. The first kappa shape index (κ1) is 14.9. The molecule has 3 N–H and O–H groups in total. The van der Waals surface area contributed by atoms with Gasteiger partial charge in [0.2, 0.25) is 5.91 Å². The fourth-order valence-electron chi connectivity index (χ4n) is 2.28. The minimum Gasteiger partial charge on any atom is -0.496 e. The van der Waals surface area contributed by atoms with Gasteiger partial charge in [-0.1, -0.05) is 30.3 Å². The minimum atomic E-state index is -0.116. The van der Waals surface area contributed by atoms with Crippen molar-refractivity contribution in [2.75, 3.05) is 12.8 Å². The zero-order valence-electron chi connectivity index (χ0n) is 12.3. The molecule has 0 unspecified atom stereocenters. The SMILES string of the molecule is COc1ccccc1[C@@H](C)NC(=O)Cc1cccc(N)c1. The number of carbonyl (C=O) groups excluding carboxylic acids is 1. The molecule has 21 heavy (non-hydrogen) atoms. The van der Waals surface area contributed by atoms with Crippen LogP contribution in [0, 0.1) is 0 Å². The fraction of sp³-hybridized carbons (Fsp3) is 0.235. The molecule has 1 atom stereocenters. The number of benzene rings is 2. The number of ether oxygens (including phenoxy) is 1. The minimum absolute atomic E-state index is 0.0426. The van der Waals surface area contributed by atoms with Gasteiger partial charge < -0.3 is 15.8 Å². The Hall–Kier alpha value is -2.49. The van der Waals surface area contributed by atoms with Gasteiger partial charge in [-0.15, -0.1) is 0 Å². The number of hydrogen-bond donors (Lipinski definition) is 2. The zero-order chi connectivity index (χ0) is 15.2. The van der Waals surface area contributed by atoms with Gasteiger partial charge in [0.25, 0.3) is 0 Å². The van der Waals surface area contributed by atoms with Crippen LogP contribution in [0.15, 0.2) is 48.5 Å². The summed E-state index contributed by atoms with van der Waals surface area (Å²) in [6.07, 6.45) is 0.310. The van der Waals surface area contributed by atoms with Crippen LogP contribution in [0.4, 0.5) is 5.69 Å². The van der Waals surface area contributed by atoms with Crippen LogP contribution in [-0.2, 0) is 11.2 Å². The van der Waals surface area contributed by atoms with E-state index >= 15 is 0 Å². The van der Waals surface area contributed by atoms with E-state index in [9.17, 15) is 4.79 Å². The lowest BCUT2D eigenvalue weighted by molar-refractivity contribution is -0.121. The zero-order valence-corrected chi connectivity index (χ0v) is 12.3. The Bertz CT molecular complexity index is 626.